The van der Waals surface area contributed by atoms with Gasteiger partial charge in [0, 0.05) is 0 Å². The van der Waals surface area contributed by atoms with Gasteiger partial charge in [-0.15, -0.1) is 0 Å². The standard InChI is InChI=1S/C20H38N2O6Si/c1-13(2)15(17(24)26-9)22-16(23)14(21-18(25)28-19(3,4)5)12-27-29(10,11)20(6,7)8/h14H,12H2,1-11H3,(H,21,25)(H,22,23)/t14-/m0/s1. The third-order valence-electron chi connectivity index (χ3n) is 4.56. The summed E-state index contributed by atoms with van der Waals surface area (Å²) in [5, 5.41) is 5.02. The molecule has 2 amide bonds. The minimum absolute atomic E-state index is 0.0285. The quantitative estimate of drug-likeness (QED) is 0.364. The zero-order chi connectivity index (χ0) is 23.2. The van der Waals surface area contributed by atoms with Crippen LogP contribution in [0.3, 0.4) is 0 Å². The first-order valence-electron chi connectivity index (χ1n) is 9.61. The summed E-state index contributed by atoms with van der Waals surface area (Å²) in [7, 11) is -0.947. The van der Waals surface area contributed by atoms with Crippen molar-refractivity contribution >= 4 is 26.3 Å². The summed E-state index contributed by atoms with van der Waals surface area (Å²) in [4.78, 5) is 37.0. The summed E-state index contributed by atoms with van der Waals surface area (Å²) in [6.07, 6.45) is -0.742. The van der Waals surface area contributed by atoms with E-state index in [0.29, 0.717) is 5.57 Å². The lowest BCUT2D eigenvalue weighted by Gasteiger charge is -2.37. The van der Waals surface area contributed by atoms with Crippen LogP contribution in [0.2, 0.25) is 18.1 Å². The van der Waals surface area contributed by atoms with Crippen molar-refractivity contribution in [3.8, 4) is 0 Å². The number of carbonyl (C=O) groups excluding carboxylic acids is 3. The number of hydrogen-bond acceptors (Lipinski definition) is 6. The Morgan fingerprint density at radius 3 is 1.90 bits per heavy atom. The molecule has 0 unspecified atom stereocenters. The molecule has 0 saturated heterocycles. The Balaban J connectivity index is 5.56. The van der Waals surface area contributed by atoms with E-state index in [4.69, 9.17) is 13.9 Å². The Labute approximate surface area is 175 Å². The summed E-state index contributed by atoms with van der Waals surface area (Å²) in [6.45, 7) is 18.8. The van der Waals surface area contributed by atoms with E-state index in [1.165, 1.54) is 7.11 Å². The molecule has 0 aliphatic heterocycles. The number of hydrogen-bond donors (Lipinski definition) is 2. The Bertz CT molecular complexity index is 640. The van der Waals surface area contributed by atoms with Gasteiger partial charge in [-0.3, -0.25) is 4.79 Å². The fourth-order valence-corrected chi connectivity index (χ4v) is 2.85. The fourth-order valence-electron chi connectivity index (χ4n) is 1.83. The van der Waals surface area contributed by atoms with Crippen LogP contribution >= 0.6 is 0 Å². The summed E-state index contributed by atoms with van der Waals surface area (Å²) in [6, 6.07) is -1.04. The molecule has 0 heterocycles. The average molecular weight is 431 g/mol. The van der Waals surface area contributed by atoms with Crippen LogP contribution < -0.4 is 10.6 Å². The number of ether oxygens (including phenoxy) is 2. The third kappa shape index (κ3) is 9.45. The molecule has 8 nitrogen and oxygen atoms in total. The molecule has 29 heavy (non-hydrogen) atoms. The van der Waals surface area contributed by atoms with Crippen molar-refractivity contribution in [1.29, 1.82) is 0 Å². The van der Waals surface area contributed by atoms with Gasteiger partial charge in [0.25, 0.3) is 0 Å². The molecule has 0 fully saturated rings. The number of methoxy groups -OCH3 is 1. The van der Waals surface area contributed by atoms with Gasteiger partial charge >= 0.3 is 12.1 Å². The van der Waals surface area contributed by atoms with Gasteiger partial charge in [0.1, 0.15) is 17.3 Å². The van der Waals surface area contributed by atoms with Crippen LogP contribution in [0.25, 0.3) is 0 Å². The van der Waals surface area contributed by atoms with Crippen molar-refractivity contribution in [2.45, 2.75) is 85.2 Å². The molecule has 0 aliphatic rings. The lowest BCUT2D eigenvalue weighted by Crippen LogP contribution is -2.53. The van der Waals surface area contributed by atoms with Gasteiger partial charge in [-0.05, 0) is 58.3 Å². The van der Waals surface area contributed by atoms with Gasteiger partial charge in [0.2, 0.25) is 5.91 Å². The van der Waals surface area contributed by atoms with E-state index in [-0.39, 0.29) is 17.3 Å². The largest absolute Gasteiger partial charge is 0.464 e. The molecule has 0 aromatic rings. The van der Waals surface area contributed by atoms with Crippen molar-refractivity contribution in [3.05, 3.63) is 11.3 Å². The molecular formula is C20H38N2O6Si. The van der Waals surface area contributed by atoms with E-state index in [1.54, 1.807) is 34.6 Å². The van der Waals surface area contributed by atoms with Crippen molar-refractivity contribution in [2.24, 2.45) is 0 Å². The first-order chi connectivity index (χ1) is 12.9. The number of amides is 2. The lowest BCUT2D eigenvalue weighted by atomic mass is 10.2. The zero-order valence-electron chi connectivity index (χ0n) is 19.7. The third-order valence-corrected chi connectivity index (χ3v) is 9.06. The molecule has 0 aromatic heterocycles. The highest BCUT2D eigenvalue weighted by Gasteiger charge is 2.39. The van der Waals surface area contributed by atoms with E-state index < -0.39 is 37.9 Å². The minimum Gasteiger partial charge on any atom is -0.464 e. The fraction of sp³-hybridized carbons (Fsp3) is 0.750. The molecule has 0 spiro atoms. The summed E-state index contributed by atoms with van der Waals surface area (Å²) >= 11 is 0. The SMILES string of the molecule is COC(=O)C(NC(=O)[C@H](CO[Si](C)(C)C(C)(C)C)NC(=O)OC(C)(C)C)=C(C)C. The second-order valence-corrected chi connectivity index (χ2v) is 14.4. The van der Waals surface area contributed by atoms with Gasteiger partial charge in [-0.25, -0.2) is 9.59 Å². The number of nitrogens with one attached hydrogen (secondary N) is 2. The maximum atomic E-state index is 12.9. The van der Waals surface area contributed by atoms with E-state index in [9.17, 15) is 14.4 Å². The number of alkyl carbamates (subject to hydrolysis) is 1. The number of allylic oxidation sites excluding steroid dienone is 1. The maximum Gasteiger partial charge on any atom is 0.408 e. The topological polar surface area (TPSA) is 103 Å². The Morgan fingerprint density at radius 1 is 1.00 bits per heavy atom. The molecule has 0 saturated carbocycles. The van der Waals surface area contributed by atoms with E-state index in [2.05, 4.69) is 31.4 Å². The summed E-state index contributed by atoms with van der Waals surface area (Å²) < 4.78 is 16.1. The van der Waals surface area contributed by atoms with Crippen LogP contribution in [0.4, 0.5) is 4.79 Å². The zero-order valence-corrected chi connectivity index (χ0v) is 20.7. The molecular weight excluding hydrogens is 392 g/mol. The van der Waals surface area contributed by atoms with Crippen LogP contribution in [0.1, 0.15) is 55.4 Å². The van der Waals surface area contributed by atoms with Crippen LogP contribution in [0.15, 0.2) is 11.3 Å². The van der Waals surface area contributed by atoms with Gasteiger partial charge in [-0.2, -0.15) is 0 Å². The monoisotopic (exact) mass is 430 g/mol. The van der Waals surface area contributed by atoms with Gasteiger partial charge in [-0.1, -0.05) is 20.8 Å². The maximum absolute atomic E-state index is 12.9. The molecule has 2 N–H and O–H groups in total. The minimum atomic E-state index is -2.18. The lowest BCUT2D eigenvalue weighted by molar-refractivity contribution is -0.138. The first-order valence-corrected chi connectivity index (χ1v) is 12.5. The number of rotatable bonds is 7. The van der Waals surface area contributed by atoms with Crippen LogP contribution in [0, 0.1) is 0 Å². The van der Waals surface area contributed by atoms with Crippen molar-refractivity contribution in [3.63, 3.8) is 0 Å². The number of carbonyl (C=O) groups is 3. The summed E-state index contributed by atoms with van der Waals surface area (Å²) in [5.41, 5.74) is -0.116. The highest BCUT2D eigenvalue weighted by atomic mass is 28.4. The second-order valence-electron chi connectivity index (χ2n) is 9.63. The van der Waals surface area contributed by atoms with E-state index in [0.717, 1.165) is 0 Å². The molecule has 168 valence electrons. The Morgan fingerprint density at radius 2 is 1.52 bits per heavy atom. The predicted molar refractivity (Wildman–Crippen MR) is 115 cm³/mol. The molecule has 0 bridgehead atoms. The first kappa shape index (κ1) is 27.1. The van der Waals surface area contributed by atoms with Gasteiger partial charge in [0.05, 0.1) is 13.7 Å². The predicted octanol–water partition coefficient (Wildman–Crippen LogP) is 3.48. The average Bonchev–Trinajstić information content (AvgIpc) is 2.52. The van der Waals surface area contributed by atoms with Crippen LogP contribution in [-0.4, -0.2) is 51.6 Å². The molecule has 0 aromatic carbocycles. The van der Waals surface area contributed by atoms with Crippen molar-refractivity contribution in [1.82, 2.24) is 10.6 Å². The molecule has 1 atom stereocenters. The highest BCUT2D eigenvalue weighted by Crippen LogP contribution is 2.36. The molecule has 0 radical (unpaired) electrons. The van der Waals surface area contributed by atoms with E-state index in [1.807, 2.05) is 13.1 Å². The molecule has 0 aliphatic carbocycles. The molecule has 9 heteroatoms. The van der Waals surface area contributed by atoms with E-state index >= 15 is 0 Å². The van der Waals surface area contributed by atoms with Crippen molar-refractivity contribution < 1.29 is 28.3 Å². The van der Waals surface area contributed by atoms with Gasteiger partial charge in [0.15, 0.2) is 8.32 Å². The van der Waals surface area contributed by atoms with Crippen LogP contribution in [-0.2, 0) is 23.5 Å². The van der Waals surface area contributed by atoms with Crippen molar-refractivity contribution in [2.75, 3.05) is 13.7 Å². The second kappa shape index (κ2) is 10.2. The van der Waals surface area contributed by atoms with Gasteiger partial charge < -0.3 is 24.5 Å². The smallest absolute Gasteiger partial charge is 0.408 e. The Hall–Kier alpha value is -1.87. The normalized spacial score (nSPS) is 13.2. The highest BCUT2D eigenvalue weighted by molar-refractivity contribution is 6.74. The summed E-state index contributed by atoms with van der Waals surface area (Å²) in [5.74, 6) is -1.25. The van der Waals surface area contributed by atoms with Crippen LogP contribution in [0.5, 0.6) is 0 Å². The number of esters is 1. The Kier molecular flexibility index (Phi) is 9.58. The molecule has 0 rings (SSSR count).